The third-order valence-electron chi connectivity index (χ3n) is 1.16. The second-order valence-electron chi connectivity index (χ2n) is 1.70. The van der Waals surface area contributed by atoms with Crippen LogP contribution in [0.2, 0.25) is 0 Å². The Balaban J connectivity index is 2.28. The zero-order valence-electron chi connectivity index (χ0n) is 4.66. The molecule has 2 aliphatic rings. The van der Waals surface area contributed by atoms with E-state index in [1.54, 1.807) is 0 Å². The Morgan fingerprint density at radius 3 is 3.33 bits per heavy atom. The molecule has 0 aromatic heterocycles. The molecule has 9 heavy (non-hydrogen) atoms. The van der Waals surface area contributed by atoms with Gasteiger partial charge in [0.1, 0.15) is 6.21 Å². The number of oxime groups is 1. The van der Waals surface area contributed by atoms with Crippen molar-refractivity contribution in [2.45, 2.75) is 0 Å². The maximum atomic E-state index is 5.00. The summed E-state index contributed by atoms with van der Waals surface area (Å²) in [6.07, 6.45) is 1.51. The van der Waals surface area contributed by atoms with Gasteiger partial charge >= 0.3 is 0 Å². The van der Waals surface area contributed by atoms with Crippen LogP contribution in [-0.4, -0.2) is 19.6 Å². The molecule has 0 bridgehead atoms. The Morgan fingerprint density at radius 1 is 1.44 bits per heavy atom. The van der Waals surface area contributed by atoms with Gasteiger partial charge in [-0.1, -0.05) is 5.16 Å². The molecule has 4 heteroatoms. The van der Waals surface area contributed by atoms with Crippen LogP contribution >= 0.6 is 0 Å². The first-order chi connectivity index (χ1) is 4.47. The van der Waals surface area contributed by atoms with Crippen molar-refractivity contribution < 1.29 is 14.3 Å². The second kappa shape index (κ2) is 1.65. The molecule has 0 unspecified atom stereocenters. The fourth-order valence-corrected chi connectivity index (χ4v) is 0.719. The van der Waals surface area contributed by atoms with Gasteiger partial charge < -0.3 is 14.3 Å². The summed E-state index contributed by atoms with van der Waals surface area (Å²) < 4.78 is 9.98. The molecule has 0 atom stereocenters. The van der Waals surface area contributed by atoms with Crippen molar-refractivity contribution in [2.75, 3.05) is 13.4 Å². The van der Waals surface area contributed by atoms with Gasteiger partial charge in [-0.25, -0.2) is 0 Å². The van der Waals surface area contributed by atoms with Crippen molar-refractivity contribution in [3.8, 4) is 0 Å². The highest BCUT2D eigenvalue weighted by atomic mass is 16.7. The molecular formula is C5H5NO3. The van der Waals surface area contributed by atoms with E-state index in [-0.39, 0.29) is 0 Å². The molecule has 4 nitrogen and oxygen atoms in total. The summed E-state index contributed by atoms with van der Waals surface area (Å²) in [5.41, 5.74) is 0. The Bertz CT molecular complexity index is 185. The fraction of sp³-hybridized carbons (Fsp3) is 0.400. The summed E-state index contributed by atoms with van der Waals surface area (Å²) in [6.45, 7) is 0.686. The Kier molecular flexibility index (Phi) is 0.855. The lowest BCUT2D eigenvalue weighted by Crippen LogP contribution is -2.01. The zero-order chi connectivity index (χ0) is 6.10. The molecule has 0 aromatic rings. The van der Waals surface area contributed by atoms with Crippen LogP contribution in [0.5, 0.6) is 0 Å². The van der Waals surface area contributed by atoms with Crippen molar-refractivity contribution in [3.05, 3.63) is 11.5 Å². The maximum absolute atomic E-state index is 5.00. The summed E-state index contributed by atoms with van der Waals surface area (Å²) in [5, 5.41) is 3.53. The lowest BCUT2D eigenvalue weighted by atomic mass is 10.4. The average Bonchev–Trinajstić information content (AvgIpc) is 2.33. The molecule has 2 aliphatic heterocycles. The van der Waals surface area contributed by atoms with Gasteiger partial charge in [0.25, 0.3) is 0 Å². The standard InChI is InChI=1S/C5H5NO3/c1-4-5(2-9-6-1)8-3-7-4/h1H,2-3H2. The van der Waals surface area contributed by atoms with Gasteiger partial charge in [-0.15, -0.1) is 0 Å². The van der Waals surface area contributed by atoms with Gasteiger partial charge in [-0.2, -0.15) is 0 Å². The van der Waals surface area contributed by atoms with Crippen molar-refractivity contribution >= 4 is 6.21 Å². The highest BCUT2D eigenvalue weighted by Crippen LogP contribution is 2.17. The SMILES string of the molecule is C1=NOCC2=C1OCO2. The summed E-state index contributed by atoms with van der Waals surface area (Å²) in [6, 6.07) is 0. The molecule has 2 heterocycles. The van der Waals surface area contributed by atoms with Crippen LogP contribution in [-0.2, 0) is 14.3 Å². The van der Waals surface area contributed by atoms with E-state index < -0.39 is 0 Å². The van der Waals surface area contributed by atoms with E-state index in [1.165, 1.54) is 6.21 Å². The molecule has 2 rings (SSSR count). The quantitative estimate of drug-likeness (QED) is 0.467. The van der Waals surface area contributed by atoms with Crippen molar-refractivity contribution in [2.24, 2.45) is 5.16 Å². The summed E-state index contributed by atoms with van der Waals surface area (Å²) in [4.78, 5) is 4.69. The lowest BCUT2D eigenvalue weighted by Gasteiger charge is -2.02. The number of ether oxygens (including phenoxy) is 2. The molecule has 48 valence electrons. The summed E-state index contributed by atoms with van der Waals surface area (Å²) in [5.74, 6) is 1.44. The largest absolute Gasteiger partial charge is 0.454 e. The van der Waals surface area contributed by atoms with E-state index in [9.17, 15) is 0 Å². The first-order valence-corrected chi connectivity index (χ1v) is 2.61. The minimum Gasteiger partial charge on any atom is -0.454 e. The van der Waals surface area contributed by atoms with Crippen LogP contribution in [0.4, 0.5) is 0 Å². The number of hydrogen-bond acceptors (Lipinski definition) is 4. The zero-order valence-corrected chi connectivity index (χ0v) is 4.66. The van der Waals surface area contributed by atoms with Crippen LogP contribution in [0.3, 0.4) is 0 Å². The second-order valence-corrected chi connectivity index (χ2v) is 1.70. The van der Waals surface area contributed by atoms with Crippen LogP contribution < -0.4 is 0 Å². The van der Waals surface area contributed by atoms with Gasteiger partial charge in [-0.05, 0) is 0 Å². The first-order valence-electron chi connectivity index (χ1n) is 2.61. The van der Waals surface area contributed by atoms with E-state index in [1.807, 2.05) is 0 Å². The van der Waals surface area contributed by atoms with Gasteiger partial charge in [0, 0.05) is 0 Å². The van der Waals surface area contributed by atoms with Gasteiger partial charge in [0.05, 0.1) is 0 Å². The minimum atomic E-state index is 0.292. The monoisotopic (exact) mass is 127 g/mol. The van der Waals surface area contributed by atoms with Crippen LogP contribution in [0, 0.1) is 0 Å². The van der Waals surface area contributed by atoms with E-state index >= 15 is 0 Å². The van der Waals surface area contributed by atoms with Crippen molar-refractivity contribution in [1.82, 2.24) is 0 Å². The Morgan fingerprint density at radius 2 is 2.44 bits per heavy atom. The molecule has 0 radical (unpaired) electrons. The van der Waals surface area contributed by atoms with E-state index in [0.717, 1.165) is 5.76 Å². The number of allylic oxidation sites excluding steroid dienone is 1. The molecule has 0 saturated carbocycles. The van der Waals surface area contributed by atoms with Crippen LogP contribution in [0.15, 0.2) is 16.7 Å². The van der Waals surface area contributed by atoms with E-state index in [0.29, 0.717) is 19.2 Å². The smallest absolute Gasteiger partial charge is 0.231 e. The van der Waals surface area contributed by atoms with Gasteiger partial charge in [0.2, 0.25) is 6.79 Å². The van der Waals surface area contributed by atoms with Gasteiger partial charge in [-0.3, -0.25) is 0 Å². The third-order valence-corrected chi connectivity index (χ3v) is 1.16. The molecule has 0 aromatic carbocycles. The Labute approximate surface area is 51.7 Å². The van der Waals surface area contributed by atoms with Crippen LogP contribution in [0.1, 0.15) is 0 Å². The average molecular weight is 127 g/mol. The highest BCUT2D eigenvalue weighted by Gasteiger charge is 2.18. The normalized spacial score (nSPS) is 22.2. The first kappa shape index (κ1) is 4.67. The molecule has 0 aliphatic carbocycles. The van der Waals surface area contributed by atoms with E-state index in [4.69, 9.17) is 9.47 Å². The number of nitrogens with zero attached hydrogens (tertiary/aromatic N) is 1. The maximum Gasteiger partial charge on any atom is 0.231 e. The molecule has 0 amide bonds. The Hall–Kier alpha value is -1.19. The number of rotatable bonds is 0. The predicted octanol–water partition coefficient (Wildman–Crippen LogP) is 0.218. The topological polar surface area (TPSA) is 40.0 Å². The van der Waals surface area contributed by atoms with Crippen molar-refractivity contribution in [3.63, 3.8) is 0 Å². The van der Waals surface area contributed by atoms with Crippen molar-refractivity contribution in [1.29, 1.82) is 0 Å². The van der Waals surface area contributed by atoms with Gasteiger partial charge in [0.15, 0.2) is 18.1 Å². The molecule has 0 saturated heterocycles. The molecular weight excluding hydrogens is 122 g/mol. The molecule has 0 spiro atoms. The fourth-order valence-electron chi connectivity index (χ4n) is 0.719. The third kappa shape index (κ3) is 0.630. The van der Waals surface area contributed by atoms with E-state index in [2.05, 4.69) is 9.99 Å². The van der Waals surface area contributed by atoms with Crippen LogP contribution in [0.25, 0.3) is 0 Å². The lowest BCUT2D eigenvalue weighted by molar-refractivity contribution is 0.0584. The molecule has 0 fully saturated rings. The minimum absolute atomic E-state index is 0.292. The summed E-state index contributed by atoms with van der Waals surface area (Å²) >= 11 is 0. The molecule has 0 N–H and O–H groups in total. The highest BCUT2D eigenvalue weighted by molar-refractivity contribution is 5.77. The summed E-state index contributed by atoms with van der Waals surface area (Å²) in [7, 11) is 0. The number of hydrogen-bond donors (Lipinski definition) is 0. The predicted molar refractivity (Wildman–Crippen MR) is 28.5 cm³/mol.